The zero-order valence-electron chi connectivity index (χ0n) is 6.22. The van der Waals surface area contributed by atoms with Gasteiger partial charge in [-0.1, -0.05) is 15.9 Å². The van der Waals surface area contributed by atoms with Gasteiger partial charge in [0.25, 0.3) is 0 Å². The van der Waals surface area contributed by atoms with Gasteiger partial charge in [-0.25, -0.2) is 0 Å². The van der Waals surface area contributed by atoms with E-state index in [1.807, 2.05) is 0 Å². The molecular formula is C6H8Br2N2O2. The topological polar surface area (TPSA) is 55.2 Å². The van der Waals surface area contributed by atoms with Crippen molar-refractivity contribution in [2.75, 3.05) is 6.54 Å². The Morgan fingerprint density at radius 2 is 2.42 bits per heavy atom. The summed E-state index contributed by atoms with van der Waals surface area (Å²) in [6, 6.07) is 0. The summed E-state index contributed by atoms with van der Waals surface area (Å²) in [6.07, 6.45) is 1.97. The molecule has 1 unspecified atom stereocenters. The smallest absolute Gasteiger partial charge is 0.330 e. The number of alkyl halides is 1. The maximum absolute atomic E-state index is 10.4. The van der Waals surface area contributed by atoms with Crippen LogP contribution in [0, 0.1) is 10.1 Å². The van der Waals surface area contributed by atoms with Crippen molar-refractivity contribution >= 4 is 31.9 Å². The Morgan fingerprint density at radius 1 is 1.75 bits per heavy atom. The van der Waals surface area contributed by atoms with Crippen LogP contribution in [0.3, 0.4) is 0 Å². The monoisotopic (exact) mass is 298 g/mol. The van der Waals surface area contributed by atoms with Gasteiger partial charge in [-0.05, 0) is 12.8 Å². The number of hydrogen-bond acceptors (Lipinski definition) is 3. The fourth-order valence-electron chi connectivity index (χ4n) is 1.06. The average Bonchev–Trinajstić information content (AvgIpc) is 2.04. The molecule has 0 spiro atoms. The zero-order chi connectivity index (χ0) is 9.14. The first-order valence-corrected chi connectivity index (χ1v) is 5.26. The first-order chi connectivity index (χ1) is 5.63. The van der Waals surface area contributed by atoms with Gasteiger partial charge in [0.05, 0.1) is 9.75 Å². The number of nitro groups is 1. The van der Waals surface area contributed by atoms with E-state index in [1.54, 1.807) is 0 Å². The molecule has 4 nitrogen and oxygen atoms in total. The highest BCUT2D eigenvalue weighted by molar-refractivity contribution is 9.11. The molecule has 0 aliphatic carbocycles. The SMILES string of the molecule is O=[N+]([O-])C(Br)=C1NCCCC1Br. The molecule has 0 amide bonds. The number of halogens is 2. The van der Waals surface area contributed by atoms with Crippen LogP contribution in [-0.2, 0) is 0 Å². The molecule has 1 fully saturated rings. The molecule has 1 N–H and O–H groups in total. The molecule has 1 heterocycles. The van der Waals surface area contributed by atoms with E-state index in [1.165, 1.54) is 0 Å². The summed E-state index contributed by atoms with van der Waals surface area (Å²) in [4.78, 5) is 10.0. The Hall–Kier alpha value is -0.100. The Morgan fingerprint density at radius 3 is 2.92 bits per heavy atom. The highest BCUT2D eigenvalue weighted by atomic mass is 79.9. The summed E-state index contributed by atoms with van der Waals surface area (Å²) < 4.78 is 0.0316. The molecule has 0 saturated carbocycles. The molecule has 1 saturated heterocycles. The van der Waals surface area contributed by atoms with Crippen molar-refractivity contribution < 1.29 is 4.92 Å². The Labute approximate surface area is 86.8 Å². The minimum absolute atomic E-state index is 0.0316. The number of allylic oxidation sites excluding steroid dienone is 1. The Balaban J connectivity index is 2.82. The Kier molecular flexibility index (Phi) is 3.52. The van der Waals surface area contributed by atoms with Gasteiger partial charge in [-0.15, -0.1) is 0 Å². The minimum Gasteiger partial charge on any atom is -0.381 e. The normalized spacial score (nSPS) is 27.7. The van der Waals surface area contributed by atoms with E-state index in [4.69, 9.17) is 0 Å². The van der Waals surface area contributed by atoms with Gasteiger partial charge in [0.15, 0.2) is 0 Å². The number of nitrogens with zero attached hydrogens (tertiary/aromatic N) is 1. The van der Waals surface area contributed by atoms with Gasteiger partial charge in [0.1, 0.15) is 5.70 Å². The van der Waals surface area contributed by atoms with Crippen LogP contribution in [0.2, 0.25) is 0 Å². The van der Waals surface area contributed by atoms with E-state index in [0.29, 0.717) is 5.70 Å². The third-order valence-corrected chi connectivity index (χ3v) is 3.28. The molecule has 1 aliphatic rings. The second-order valence-electron chi connectivity index (χ2n) is 2.50. The van der Waals surface area contributed by atoms with Crippen LogP contribution in [0.5, 0.6) is 0 Å². The first kappa shape index (κ1) is 9.98. The largest absolute Gasteiger partial charge is 0.381 e. The first-order valence-electron chi connectivity index (χ1n) is 3.55. The van der Waals surface area contributed by atoms with Gasteiger partial charge in [0, 0.05) is 22.5 Å². The molecule has 1 aliphatic heterocycles. The van der Waals surface area contributed by atoms with E-state index in [2.05, 4.69) is 37.2 Å². The summed E-state index contributed by atoms with van der Waals surface area (Å²) in [5.74, 6) is 0. The molecular weight excluding hydrogens is 292 g/mol. The van der Waals surface area contributed by atoms with Gasteiger partial charge in [0.2, 0.25) is 0 Å². The van der Waals surface area contributed by atoms with E-state index in [-0.39, 0.29) is 9.43 Å². The van der Waals surface area contributed by atoms with Crippen molar-refractivity contribution in [2.45, 2.75) is 17.7 Å². The summed E-state index contributed by atoms with van der Waals surface area (Å²) in [5.41, 5.74) is 0.645. The van der Waals surface area contributed by atoms with Crippen LogP contribution in [-0.4, -0.2) is 16.3 Å². The van der Waals surface area contributed by atoms with Gasteiger partial charge in [-0.2, -0.15) is 0 Å². The highest BCUT2D eigenvalue weighted by Gasteiger charge is 2.24. The molecule has 0 bridgehead atoms. The molecule has 6 heteroatoms. The second kappa shape index (κ2) is 4.23. The lowest BCUT2D eigenvalue weighted by molar-refractivity contribution is -0.410. The summed E-state index contributed by atoms with van der Waals surface area (Å²) in [5, 5.41) is 13.4. The van der Waals surface area contributed by atoms with Crippen LogP contribution in [0.25, 0.3) is 0 Å². The quantitative estimate of drug-likeness (QED) is 0.349. The lowest BCUT2D eigenvalue weighted by Gasteiger charge is -2.20. The minimum atomic E-state index is -0.429. The van der Waals surface area contributed by atoms with Crippen LogP contribution in [0.15, 0.2) is 10.3 Å². The van der Waals surface area contributed by atoms with Crippen molar-refractivity contribution in [3.05, 3.63) is 20.4 Å². The fourth-order valence-corrected chi connectivity index (χ4v) is 2.49. The van der Waals surface area contributed by atoms with Crippen LogP contribution in [0.1, 0.15) is 12.8 Å². The second-order valence-corrected chi connectivity index (χ2v) is 4.35. The van der Waals surface area contributed by atoms with Gasteiger partial charge < -0.3 is 5.32 Å². The maximum atomic E-state index is 10.4. The van der Waals surface area contributed by atoms with Crippen LogP contribution in [0.4, 0.5) is 0 Å². The third-order valence-electron chi connectivity index (χ3n) is 1.65. The Bertz CT molecular complexity index is 230. The summed E-state index contributed by atoms with van der Waals surface area (Å²) in [7, 11) is 0. The standard InChI is InChI=1S/C6H8Br2N2O2/c7-4-2-1-3-9-5(4)6(8)10(11)12/h4,9H,1-3H2. The highest BCUT2D eigenvalue weighted by Crippen LogP contribution is 2.25. The lowest BCUT2D eigenvalue weighted by atomic mass is 10.1. The van der Waals surface area contributed by atoms with E-state index >= 15 is 0 Å². The van der Waals surface area contributed by atoms with Gasteiger partial charge >= 0.3 is 4.61 Å². The van der Waals surface area contributed by atoms with E-state index in [0.717, 1.165) is 19.4 Å². The van der Waals surface area contributed by atoms with Crippen molar-refractivity contribution in [3.8, 4) is 0 Å². The van der Waals surface area contributed by atoms with Crippen molar-refractivity contribution in [1.29, 1.82) is 0 Å². The molecule has 1 atom stereocenters. The van der Waals surface area contributed by atoms with E-state index in [9.17, 15) is 10.1 Å². The molecule has 0 aromatic rings. The summed E-state index contributed by atoms with van der Waals surface area (Å²) >= 11 is 6.30. The number of rotatable bonds is 1. The molecule has 12 heavy (non-hydrogen) atoms. The lowest BCUT2D eigenvalue weighted by Crippen LogP contribution is -2.29. The number of hydrogen-bond donors (Lipinski definition) is 1. The molecule has 1 rings (SSSR count). The van der Waals surface area contributed by atoms with Crippen molar-refractivity contribution in [3.63, 3.8) is 0 Å². The average molecular weight is 300 g/mol. The van der Waals surface area contributed by atoms with Crippen molar-refractivity contribution in [1.82, 2.24) is 5.32 Å². The third kappa shape index (κ3) is 2.20. The number of piperidine rings is 1. The van der Waals surface area contributed by atoms with E-state index < -0.39 is 4.92 Å². The molecule has 0 aromatic heterocycles. The predicted octanol–water partition coefficient (Wildman–Crippen LogP) is 1.97. The molecule has 0 aromatic carbocycles. The van der Waals surface area contributed by atoms with Gasteiger partial charge in [-0.3, -0.25) is 10.1 Å². The molecule has 0 radical (unpaired) electrons. The predicted molar refractivity (Wildman–Crippen MR) is 52.9 cm³/mol. The summed E-state index contributed by atoms with van der Waals surface area (Å²) in [6.45, 7) is 0.806. The zero-order valence-corrected chi connectivity index (χ0v) is 9.39. The number of nitrogens with one attached hydrogen (secondary N) is 1. The van der Waals surface area contributed by atoms with Crippen molar-refractivity contribution in [2.24, 2.45) is 0 Å². The van der Waals surface area contributed by atoms with Crippen LogP contribution < -0.4 is 5.32 Å². The fraction of sp³-hybridized carbons (Fsp3) is 0.667. The van der Waals surface area contributed by atoms with Crippen LogP contribution >= 0.6 is 31.9 Å². The molecule has 68 valence electrons. The maximum Gasteiger partial charge on any atom is 0.330 e.